The molecule has 0 aliphatic carbocycles. The highest BCUT2D eigenvalue weighted by Crippen LogP contribution is 2.39. The van der Waals surface area contributed by atoms with Crippen molar-refractivity contribution in [2.24, 2.45) is 10.4 Å². The summed E-state index contributed by atoms with van der Waals surface area (Å²) in [5, 5.41) is 12.2. The molecule has 0 saturated heterocycles. The first-order valence-electron chi connectivity index (χ1n) is 9.62. The maximum absolute atomic E-state index is 12.5. The van der Waals surface area contributed by atoms with E-state index in [1.807, 2.05) is 12.1 Å². The van der Waals surface area contributed by atoms with Gasteiger partial charge >= 0.3 is 0 Å². The number of benzene rings is 2. The number of carbonyl (C=O) groups excluding carboxylic acids is 1. The van der Waals surface area contributed by atoms with Gasteiger partial charge in [0, 0.05) is 36.0 Å². The Hall–Kier alpha value is -2.66. The molecular weight excluding hydrogens is 436 g/mol. The topological polar surface area (TPSA) is 121 Å². The maximum Gasteiger partial charge on any atom is 0.240 e. The number of hydrogen-bond acceptors (Lipinski definition) is 7. The Morgan fingerprint density at radius 3 is 2.71 bits per heavy atom. The summed E-state index contributed by atoms with van der Waals surface area (Å²) in [6.07, 6.45) is 1.58. The Kier molecular flexibility index (Phi) is 5.65. The maximum atomic E-state index is 12.5. The molecule has 1 amide bonds. The van der Waals surface area contributed by atoms with Gasteiger partial charge in [0.15, 0.2) is 0 Å². The Labute approximate surface area is 184 Å². The minimum Gasteiger partial charge on any atom is -0.396 e. The zero-order valence-corrected chi connectivity index (χ0v) is 18.6. The Morgan fingerprint density at radius 2 is 2.00 bits per heavy atom. The number of aliphatic imine (C=N–C) groups is 1. The van der Waals surface area contributed by atoms with Crippen LogP contribution in [0.25, 0.3) is 10.2 Å². The smallest absolute Gasteiger partial charge is 0.240 e. The lowest BCUT2D eigenvalue weighted by molar-refractivity contribution is -0.115. The SMILES string of the molecule is CC(C)(CO)CNS(=O)(=O)c1ccc(N=CC2C(=O)Nc3ccc4ncsc4c32)cc1. The molecule has 1 aliphatic rings. The van der Waals surface area contributed by atoms with Gasteiger partial charge in [-0.05, 0) is 36.4 Å². The Morgan fingerprint density at radius 1 is 1.26 bits per heavy atom. The number of nitrogens with zero attached hydrogens (tertiary/aromatic N) is 2. The molecule has 0 fully saturated rings. The van der Waals surface area contributed by atoms with E-state index in [4.69, 9.17) is 0 Å². The van der Waals surface area contributed by atoms with Crippen LogP contribution in [0.1, 0.15) is 25.3 Å². The third-order valence-corrected chi connectivity index (χ3v) is 7.37. The first-order chi connectivity index (χ1) is 14.7. The molecule has 0 bridgehead atoms. The molecule has 2 heterocycles. The van der Waals surface area contributed by atoms with Crippen molar-refractivity contribution in [1.82, 2.24) is 9.71 Å². The van der Waals surface area contributed by atoms with E-state index in [-0.39, 0.29) is 24.0 Å². The van der Waals surface area contributed by atoms with Crippen molar-refractivity contribution in [3.63, 3.8) is 0 Å². The average Bonchev–Trinajstić information content (AvgIpc) is 3.34. The van der Waals surface area contributed by atoms with Crippen molar-refractivity contribution in [2.45, 2.75) is 24.7 Å². The van der Waals surface area contributed by atoms with Crippen LogP contribution < -0.4 is 10.0 Å². The number of fused-ring (bicyclic) bond motifs is 3. The molecule has 3 N–H and O–H groups in total. The van der Waals surface area contributed by atoms with Gasteiger partial charge in [-0.15, -0.1) is 11.3 Å². The molecule has 2 aromatic carbocycles. The van der Waals surface area contributed by atoms with Crippen LogP contribution >= 0.6 is 11.3 Å². The number of thiazole rings is 1. The van der Waals surface area contributed by atoms with Gasteiger partial charge < -0.3 is 10.4 Å². The number of rotatable bonds is 7. The third-order valence-electron chi connectivity index (χ3n) is 5.08. The number of anilines is 1. The quantitative estimate of drug-likeness (QED) is 0.470. The molecule has 1 unspecified atom stereocenters. The van der Waals surface area contributed by atoms with Crippen molar-refractivity contribution >= 4 is 55.1 Å². The van der Waals surface area contributed by atoms with Crippen molar-refractivity contribution in [2.75, 3.05) is 18.5 Å². The molecule has 0 radical (unpaired) electrons. The molecule has 4 rings (SSSR count). The van der Waals surface area contributed by atoms with Crippen LogP contribution in [0, 0.1) is 5.41 Å². The van der Waals surface area contributed by atoms with Gasteiger partial charge in [0.1, 0.15) is 5.92 Å². The number of nitrogens with one attached hydrogen (secondary N) is 2. The van der Waals surface area contributed by atoms with E-state index in [0.29, 0.717) is 5.69 Å². The lowest BCUT2D eigenvalue weighted by atomic mass is 9.96. The van der Waals surface area contributed by atoms with Crippen molar-refractivity contribution in [3.05, 3.63) is 47.5 Å². The van der Waals surface area contributed by atoms with E-state index < -0.39 is 21.4 Å². The molecule has 0 saturated carbocycles. The molecule has 10 heteroatoms. The molecular formula is C21H22N4O4S2. The molecule has 8 nitrogen and oxygen atoms in total. The molecule has 162 valence electrons. The number of hydrogen-bond donors (Lipinski definition) is 3. The van der Waals surface area contributed by atoms with E-state index in [0.717, 1.165) is 21.5 Å². The second kappa shape index (κ2) is 8.12. The van der Waals surface area contributed by atoms with Gasteiger partial charge in [-0.3, -0.25) is 9.79 Å². The molecule has 1 aliphatic heterocycles. The predicted octanol–water partition coefficient (Wildman–Crippen LogP) is 3.03. The summed E-state index contributed by atoms with van der Waals surface area (Å²) in [7, 11) is -3.70. The highest BCUT2D eigenvalue weighted by atomic mass is 32.2. The van der Waals surface area contributed by atoms with Gasteiger partial charge in [-0.25, -0.2) is 18.1 Å². The highest BCUT2D eigenvalue weighted by molar-refractivity contribution is 7.89. The number of aliphatic hydroxyl groups excluding tert-OH is 1. The minimum absolute atomic E-state index is 0.107. The third kappa shape index (κ3) is 4.38. The zero-order valence-electron chi connectivity index (χ0n) is 17.0. The Bertz CT molecular complexity index is 1260. The standard InChI is InChI=1S/C21H22N4O4S2/c1-21(2,11-26)10-24-31(28,29)14-5-3-13(4-6-14)22-9-15-18-16(25-20(15)27)7-8-17-19(18)30-12-23-17/h3-9,12,15,24,26H,10-11H2,1-2H3,(H,25,27). The number of aromatic nitrogens is 1. The van der Waals surface area contributed by atoms with Crippen molar-refractivity contribution in [3.8, 4) is 0 Å². The van der Waals surface area contributed by atoms with Crippen LogP contribution in [0.3, 0.4) is 0 Å². The first-order valence-corrected chi connectivity index (χ1v) is 12.0. The van der Waals surface area contributed by atoms with E-state index in [2.05, 4.69) is 20.0 Å². The fourth-order valence-corrected chi connectivity index (χ4v) is 5.27. The number of aliphatic hydroxyl groups is 1. The van der Waals surface area contributed by atoms with Gasteiger partial charge in [0.05, 0.1) is 26.3 Å². The molecule has 1 aromatic heterocycles. The normalized spacial score (nSPS) is 16.7. The summed E-state index contributed by atoms with van der Waals surface area (Å²) in [6.45, 7) is 3.53. The summed E-state index contributed by atoms with van der Waals surface area (Å²) < 4.78 is 28.4. The predicted molar refractivity (Wildman–Crippen MR) is 122 cm³/mol. The summed E-state index contributed by atoms with van der Waals surface area (Å²) >= 11 is 1.48. The average molecular weight is 459 g/mol. The van der Waals surface area contributed by atoms with Gasteiger partial charge in [-0.2, -0.15) is 0 Å². The molecule has 31 heavy (non-hydrogen) atoms. The summed E-state index contributed by atoms with van der Waals surface area (Å²) in [5.41, 5.74) is 4.19. The lowest BCUT2D eigenvalue weighted by Crippen LogP contribution is -2.36. The first kappa shape index (κ1) is 21.6. The Balaban J connectivity index is 1.53. The van der Waals surface area contributed by atoms with E-state index in [1.54, 1.807) is 37.7 Å². The van der Waals surface area contributed by atoms with Crippen molar-refractivity contribution in [1.29, 1.82) is 0 Å². The molecule has 0 spiro atoms. The van der Waals surface area contributed by atoms with E-state index in [1.165, 1.54) is 23.5 Å². The summed E-state index contributed by atoms with van der Waals surface area (Å²) in [5.74, 6) is -0.695. The summed E-state index contributed by atoms with van der Waals surface area (Å²) in [4.78, 5) is 21.3. The van der Waals surface area contributed by atoms with Gasteiger partial charge in [-0.1, -0.05) is 13.8 Å². The van der Waals surface area contributed by atoms with Gasteiger partial charge in [0.25, 0.3) is 0 Å². The van der Waals surface area contributed by atoms with Crippen molar-refractivity contribution < 1.29 is 18.3 Å². The lowest BCUT2D eigenvalue weighted by Gasteiger charge is -2.21. The fraction of sp³-hybridized carbons (Fsp3) is 0.286. The van der Waals surface area contributed by atoms with E-state index in [9.17, 15) is 18.3 Å². The second-order valence-corrected chi connectivity index (χ2v) is 10.7. The van der Waals surface area contributed by atoms with Crippen LogP contribution in [0.15, 0.2) is 51.8 Å². The number of amides is 1. The highest BCUT2D eigenvalue weighted by Gasteiger charge is 2.31. The monoisotopic (exact) mass is 458 g/mol. The van der Waals surface area contributed by atoms with Crippen LogP contribution in [0.2, 0.25) is 0 Å². The van der Waals surface area contributed by atoms with Gasteiger partial charge in [0.2, 0.25) is 15.9 Å². The van der Waals surface area contributed by atoms with Crippen LogP contribution in [0.4, 0.5) is 11.4 Å². The minimum atomic E-state index is -3.70. The fourth-order valence-electron chi connectivity index (χ4n) is 3.15. The number of sulfonamides is 1. The summed E-state index contributed by atoms with van der Waals surface area (Å²) in [6, 6.07) is 9.82. The second-order valence-electron chi connectivity index (χ2n) is 8.11. The van der Waals surface area contributed by atoms with Crippen LogP contribution in [-0.2, 0) is 14.8 Å². The van der Waals surface area contributed by atoms with Crippen LogP contribution in [-0.4, -0.2) is 43.8 Å². The number of carbonyl (C=O) groups is 1. The van der Waals surface area contributed by atoms with Crippen LogP contribution in [0.5, 0.6) is 0 Å². The molecule has 3 aromatic rings. The zero-order chi connectivity index (χ0) is 22.2. The van der Waals surface area contributed by atoms with E-state index >= 15 is 0 Å². The largest absolute Gasteiger partial charge is 0.396 e. The molecule has 1 atom stereocenters.